The molecular weight excluding hydrogens is 450 g/mol. The molecule has 9 heteroatoms. The summed E-state index contributed by atoms with van der Waals surface area (Å²) in [6.07, 6.45) is 2.33. The minimum atomic E-state index is -3.89. The second-order valence-corrected chi connectivity index (χ2v) is 9.97. The number of amides is 1. The van der Waals surface area contributed by atoms with Crippen LogP contribution >= 0.6 is 23.2 Å². The fourth-order valence-electron chi connectivity index (χ4n) is 3.49. The zero-order valence-corrected chi connectivity index (χ0v) is 18.6. The number of nitrogens with zero attached hydrogens (tertiary/aromatic N) is 1. The fraction of sp³-hybridized carbons (Fsp3) is 0.381. The van der Waals surface area contributed by atoms with Gasteiger partial charge in [-0.3, -0.25) is 4.79 Å². The fourth-order valence-corrected chi connectivity index (χ4v) is 5.35. The van der Waals surface area contributed by atoms with Crippen LogP contribution in [0.5, 0.6) is 0 Å². The largest absolute Gasteiger partial charge is 0.356 e. The average Bonchev–Trinajstić information content (AvgIpc) is 2.74. The highest BCUT2D eigenvalue weighted by Gasteiger charge is 2.33. The number of carbonyl (C=O) groups excluding carboxylic acids is 1. The highest BCUT2D eigenvalue weighted by atomic mass is 35.5. The Morgan fingerprint density at radius 1 is 1.10 bits per heavy atom. The molecule has 3 rings (SSSR count). The SMILES string of the molecule is O=C(NCCCc1ccc(Cl)c(Cl)c1)C1CCN(S(=O)(=O)c2ccccc2F)CC1. The van der Waals surface area contributed by atoms with Crippen molar-refractivity contribution in [3.05, 3.63) is 63.9 Å². The molecule has 0 aliphatic carbocycles. The lowest BCUT2D eigenvalue weighted by molar-refractivity contribution is -0.126. The van der Waals surface area contributed by atoms with Crippen LogP contribution < -0.4 is 5.32 Å². The average molecular weight is 473 g/mol. The van der Waals surface area contributed by atoms with Gasteiger partial charge >= 0.3 is 0 Å². The second-order valence-electron chi connectivity index (χ2n) is 7.25. The first kappa shape index (κ1) is 23.0. The predicted molar refractivity (Wildman–Crippen MR) is 116 cm³/mol. The molecular formula is C21H23Cl2FN2O3S. The first-order valence-corrected chi connectivity index (χ1v) is 11.9. The number of benzene rings is 2. The summed E-state index contributed by atoms with van der Waals surface area (Å²) in [5, 5.41) is 3.94. The highest BCUT2D eigenvalue weighted by Crippen LogP contribution is 2.26. The molecule has 1 saturated heterocycles. The molecule has 1 amide bonds. The van der Waals surface area contributed by atoms with Crippen molar-refractivity contribution in [3.63, 3.8) is 0 Å². The lowest BCUT2D eigenvalue weighted by atomic mass is 9.97. The molecule has 1 aliphatic rings. The molecule has 1 fully saturated rings. The van der Waals surface area contributed by atoms with E-state index in [-0.39, 0.29) is 29.8 Å². The molecule has 1 heterocycles. The van der Waals surface area contributed by atoms with Gasteiger partial charge in [0.25, 0.3) is 0 Å². The number of hydrogen-bond donors (Lipinski definition) is 1. The monoisotopic (exact) mass is 472 g/mol. The molecule has 0 radical (unpaired) electrons. The minimum absolute atomic E-state index is 0.0768. The number of hydrogen-bond acceptors (Lipinski definition) is 3. The Bertz CT molecular complexity index is 1010. The summed E-state index contributed by atoms with van der Waals surface area (Å²) in [5.74, 6) is -1.09. The highest BCUT2D eigenvalue weighted by molar-refractivity contribution is 7.89. The van der Waals surface area contributed by atoms with Crippen molar-refractivity contribution in [1.29, 1.82) is 0 Å². The van der Waals surface area contributed by atoms with Gasteiger partial charge in [-0.1, -0.05) is 41.4 Å². The van der Waals surface area contributed by atoms with Gasteiger partial charge in [0.1, 0.15) is 10.7 Å². The van der Waals surface area contributed by atoms with Crippen LogP contribution in [0.1, 0.15) is 24.8 Å². The molecule has 2 aromatic rings. The molecule has 1 aliphatic heterocycles. The molecule has 0 unspecified atom stereocenters. The zero-order valence-electron chi connectivity index (χ0n) is 16.3. The third kappa shape index (κ3) is 5.52. The number of piperidine rings is 1. The standard InChI is InChI=1S/C21H23Cl2FN2O3S/c22-17-8-7-15(14-18(17)23)4-3-11-25-21(27)16-9-12-26(13-10-16)30(28,29)20-6-2-1-5-19(20)24/h1-2,5-8,14,16H,3-4,9-13H2,(H,25,27). The van der Waals surface area contributed by atoms with E-state index in [1.165, 1.54) is 22.5 Å². The van der Waals surface area contributed by atoms with E-state index in [1.807, 2.05) is 12.1 Å². The maximum atomic E-state index is 13.9. The van der Waals surface area contributed by atoms with Crippen molar-refractivity contribution in [3.8, 4) is 0 Å². The Morgan fingerprint density at radius 3 is 2.47 bits per heavy atom. The Labute approximate surface area is 186 Å². The molecule has 2 aromatic carbocycles. The van der Waals surface area contributed by atoms with E-state index in [2.05, 4.69) is 5.32 Å². The van der Waals surface area contributed by atoms with Crippen LogP contribution in [0.3, 0.4) is 0 Å². The molecule has 0 atom stereocenters. The normalized spacial score (nSPS) is 15.8. The molecule has 0 saturated carbocycles. The van der Waals surface area contributed by atoms with Crippen molar-refractivity contribution < 1.29 is 17.6 Å². The summed E-state index contributed by atoms with van der Waals surface area (Å²) in [6, 6.07) is 10.8. The number of halogens is 3. The van der Waals surface area contributed by atoms with E-state index in [4.69, 9.17) is 23.2 Å². The predicted octanol–water partition coefficient (Wildman–Crippen LogP) is 4.28. The summed E-state index contributed by atoms with van der Waals surface area (Å²) in [7, 11) is -3.89. The van der Waals surface area contributed by atoms with Crippen LogP contribution in [-0.2, 0) is 21.2 Å². The maximum absolute atomic E-state index is 13.9. The second kappa shape index (κ2) is 10.1. The lowest BCUT2D eigenvalue weighted by Crippen LogP contribution is -2.43. The van der Waals surface area contributed by atoms with Gasteiger partial charge in [0, 0.05) is 25.6 Å². The van der Waals surface area contributed by atoms with Crippen LogP contribution in [0.4, 0.5) is 4.39 Å². The van der Waals surface area contributed by atoms with Crippen molar-refractivity contribution in [2.24, 2.45) is 5.92 Å². The number of sulfonamides is 1. The number of carbonyl (C=O) groups is 1. The Balaban J connectivity index is 1.45. The van der Waals surface area contributed by atoms with Crippen LogP contribution in [0.15, 0.2) is 47.4 Å². The van der Waals surface area contributed by atoms with Crippen LogP contribution in [-0.4, -0.2) is 38.3 Å². The van der Waals surface area contributed by atoms with Gasteiger partial charge in [0.15, 0.2) is 0 Å². The summed E-state index contributed by atoms with van der Waals surface area (Å²) in [4.78, 5) is 12.1. The quantitative estimate of drug-likeness (QED) is 0.611. The molecule has 30 heavy (non-hydrogen) atoms. The third-order valence-corrected chi connectivity index (χ3v) is 7.88. The number of rotatable bonds is 7. The van der Waals surface area contributed by atoms with Crippen molar-refractivity contribution in [2.45, 2.75) is 30.6 Å². The Hall–Kier alpha value is -1.67. The van der Waals surface area contributed by atoms with Crippen LogP contribution in [0.25, 0.3) is 0 Å². The van der Waals surface area contributed by atoms with E-state index in [0.717, 1.165) is 24.5 Å². The van der Waals surface area contributed by atoms with Crippen molar-refractivity contribution in [1.82, 2.24) is 9.62 Å². The number of aryl methyl sites for hydroxylation is 1. The molecule has 0 spiro atoms. The summed E-state index contributed by atoms with van der Waals surface area (Å²) in [6.45, 7) is 0.906. The van der Waals surface area contributed by atoms with E-state index >= 15 is 0 Å². The Morgan fingerprint density at radius 2 is 1.80 bits per heavy atom. The maximum Gasteiger partial charge on any atom is 0.245 e. The first-order valence-electron chi connectivity index (χ1n) is 9.75. The van der Waals surface area contributed by atoms with Gasteiger partial charge in [-0.25, -0.2) is 12.8 Å². The summed E-state index contributed by atoms with van der Waals surface area (Å²) in [5.41, 5.74) is 1.05. The smallest absolute Gasteiger partial charge is 0.245 e. The van der Waals surface area contributed by atoms with Crippen LogP contribution in [0.2, 0.25) is 10.0 Å². The van der Waals surface area contributed by atoms with E-state index in [0.29, 0.717) is 29.4 Å². The zero-order chi connectivity index (χ0) is 21.7. The van der Waals surface area contributed by atoms with Gasteiger partial charge in [0.2, 0.25) is 15.9 Å². The lowest BCUT2D eigenvalue weighted by Gasteiger charge is -2.30. The van der Waals surface area contributed by atoms with Crippen molar-refractivity contribution >= 4 is 39.1 Å². The molecule has 162 valence electrons. The molecule has 1 N–H and O–H groups in total. The number of nitrogens with one attached hydrogen (secondary N) is 1. The van der Waals surface area contributed by atoms with E-state index in [9.17, 15) is 17.6 Å². The first-order chi connectivity index (χ1) is 14.3. The third-order valence-electron chi connectivity index (χ3n) is 5.20. The summed E-state index contributed by atoms with van der Waals surface area (Å²) >= 11 is 11.9. The summed E-state index contributed by atoms with van der Waals surface area (Å²) < 4.78 is 40.4. The van der Waals surface area contributed by atoms with Gasteiger partial charge in [-0.05, 0) is 55.5 Å². The topological polar surface area (TPSA) is 66.5 Å². The molecule has 0 bridgehead atoms. The Kier molecular flexibility index (Phi) is 7.74. The van der Waals surface area contributed by atoms with Crippen LogP contribution in [0, 0.1) is 11.7 Å². The van der Waals surface area contributed by atoms with Gasteiger partial charge in [0.05, 0.1) is 10.0 Å². The van der Waals surface area contributed by atoms with Gasteiger partial charge in [-0.15, -0.1) is 0 Å². The van der Waals surface area contributed by atoms with E-state index in [1.54, 1.807) is 6.07 Å². The molecule has 0 aromatic heterocycles. The van der Waals surface area contributed by atoms with Gasteiger partial charge < -0.3 is 5.32 Å². The van der Waals surface area contributed by atoms with Gasteiger partial charge in [-0.2, -0.15) is 4.31 Å². The minimum Gasteiger partial charge on any atom is -0.356 e. The van der Waals surface area contributed by atoms with E-state index < -0.39 is 15.8 Å². The van der Waals surface area contributed by atoms with Crippen molar-refractivity contribution in [2.75, 3.05) is 19.6 Å². The molecule has 5 nitrogen and oxygen atoms in total.